The van der Waals surface area contributed by atoms with Crippen molar-refractivity contribution in [1.82, 2.24) is 15.5 Å². The molecule has 0 atom stereocenters. The molecule has 1 aromatic rings. The van der Waals surface area contributed by atoms with Crippen LogP contribution in [0.5, 0.6) is 0 Å². The average Bonchev–Trinajstić information content (AvgIpc) is 2.60. The number of hydrogen-bond acceptors (Lipinski definition) is 3. The summed E-state index contributed by atoms with van der Waals surface area (Å²) in [5.41, 5.74) is 1.19. The lowest BCUT2D eigenvalue weighted by Gasteiger charge is -2.36. The molecule has 0 unspecified atom stereocenters. The normalized spacial score (nSPS) is 14.5. The highest BCUT2D eigenvalue weighted by Crippen LogP contribution is 2.15. The predicted molar refractivity (Wildman–Crippen MR) is 91.5 cm³/mol. The van der Waals surface area contributed by atoms with Crippen molar-refractivity contribution in [1.29, 1.82) is 0 Å². The van der Waals surface area contributed by atoms with Gasteiger partial charge in [-0.25, -0.2) is 4.79 Å². The minimum atomic E-state index is -0.0824. The van der Waals surface area contributed by atoms with E-state index in [1.165, 1.54) is 5.69 Å². The van der Waals surface area contributed by atoms with Gasteiger partial charge in [0.15, 0.2) is 0 Å². The zero-order valence-corrected chi connectivity index (χ0v) is 13.8. The van der Waals surface area contributed by atoms with E-state index in [2.05, 4.69) is 27.7 Å². The van der Waals surface area contributed by atoms with Crippen LogP contribution in [0.25, 0.3) is 0 Å². The lowest BCUT2D eigenvalue weighted by molar-refractivity contribution is -0.120. The van der Waals surface area contributed by atoms with Gasteiger partial charge >= 0.3 is 6.03 Å². The standard InChI is InChI=1S/C17H26N4O2/c1-2-9-18-16(22)8-10-19-17(23)21-13-11-20(12-14-21)15-6-4-3-5-7-15/h3-7H,2,8-14H2,1H3,(H,18,22)(H,19,23). The largest absolute Gasteiger partial charge is 0.368 e. The van der Waals surface area contributed by atoms with E-state index in [0.29, 0.717) is 32.6 Å². The van der Waals surface area contributed by atoms with Crippen LogP contribution in [0.4, 0.5) is 10.5 Å². The smallest absolute Gasteiger partial charge is 0.317 e. The zero-order valence-electron chi connectivity index (χ0n) is 13.8. The van der Waals surface area contributed by atoms with Crippen molar-refractivity contribution in [2.24, 2.45) is 0 Å². The summed E-state index contributed by atoms with van der Waals surface area (Å²) in [5.74, 6) is -0.0129. The maximum atomic E-state index is 12.1. The molecule has 23 heavy (non-hydrogen) atoms. The van der Waals surface area contributed by atoms with Gasteiger partial charge in [-0.3, -0.25) is 4.79 Å². The van der Waals surface area contributed by atoms with Gasteiger partial charge in [0.2, 0.25) is 5.91 Å². The fraction of sp³-hybridized carbons (Fsp3) is 0.529. The minimum Gasteiger partial charge on any atom is -0.368 e. The van der Waals surface area contributed by atoms with E-state index < -0.39 is 0 Å². The Hall–Kier alpha value is -2.24. The fourth-order valence-corrected chi connectivity index (χ4v) is 2.55. The molecule has 3 amide bonds. The Morgan fingerprint density at radius 1 is 1.00 bits per heavy atom. The number of anilines is 1. The van der Waals surface area contributed by atoms with E-state index in [1.807, 2.05) is 30.0 Å². The molecule has 1 heterocycles. The van der Waals surface area contributed by atoms with Crippen LogP contribution in [-0.2, 0) is 4.79 Å². The third kappa shape index (κ3) is 5.47. The number of carbonyl (C=O) groups is 2. The van der Waals surface area contributed by atoms with Crippen molar-refractivity contribution in [3.63, 3.8) is 0 Å². The summed E-state index contributed by atoms with van der Waals surface area (Å²) in [6, 6.07) is 10.1. The van der Waals surface area contributed by atoms with Crippen molar-refractivity contribution in [2.75, 3.05) is 44.2 Å². The maximum Gasteiger partial charge on any atom is 0.317 e. The lowest BCUT2D eigenvalue weighted by atomic mass is 10.2. The van der Waals surface area contributed by atoms with Crippen LogP contribution in [0, 0.1) is 0 Å². The molecule has 6 nitrogen and oxygen atoms in total. The van der Waals surface area contributed by atoms with E-state index in [-0.39, 0.29) is 11.9 Å². The number of amides is 3. The van der Waals surface area contributed by atoms with E-state index in [1.54, 1.807) is 0 Å². The van der Waals surface area contributed by atoms with Gasteiger partial charge in [-0.05, 0) is 18.6 Å². The van der Waals surface area contributed by atoms with Crippen LogP contribution < -0.4 is 15.5 Å². The van der Waals surface area contributed by atoms with E-state index in [9.17, 15) is 9.59 Å². The predicted octanol–water partition coefficient (Wildman–Crippen LogP) is 1.43. The number of rotatable bonds is 6. The second-order valence-electron chi connectivity index (χ2n) is 5.64. The van der Waals surface area contributed by atoms with Crippen molar-refractivity contribution < 1.29 is 9.59 Å². The quantitative estimate of drug-likeness (QED) is 0.834. The first-order chi connectivity index (χ1) is 11.2. The van der Waals surface area contributed by atoms with Gasteiger partial charge < -0.3 is 20.4 Å². The van der Waals surface area contributed by atoms with Crippen LogP contribution in [0.1, 0.15) is 19.8 Å². The van der Waals surface area contributed by atoms with E-state index >= 15 is 0 Å². The third-order valence-corrected chi connectivity index (χ3v) is 3.89. The summed E-state index contributed by atoms with van der Waals surface area (Å²) in [5, 5.41) is 5.62. The van der Waals surface area contributed by atoms with Gasteiger partial charge in [-0.1, -0.05) is 25.1 Å². The molecule has 1 aliphatic rings. The monoisotopic (exact) mass is 318 g/mol. The van der Waals surface area contributed by atoms with Crippen molar-refractivity contribution in [3.05, 3.63) is 30.3 Å². The first-order valence-corrected chi connectivity index (χ1v) is 8.30. The highest BCUT2D eigenvalue weighted by Gasteiger charge is 2.20. The minimum absolute atomic E-state index is 0.0129. The summed E-state index contributed by atoms with van der Waals surface area (Å²) >= 11 is 0. The number of benzene rings is 1. The second kappa shape index (κ2) is 9.02. The van der Waals surface area contributed by atoms with Crippen molar-refractivity contribution >= 4 is 17.6 Å². The highest BCUT2D eigenvalue weighted by atomic mass is 16.2. The highest BCUT2D eigenvalue weighted by molar-refractivity contribution is 5.78. The molecule has 6 heteroatoms. The topological polar surface area (TPSA) is 64.7 Å². The molecule has 0 radical (unpaired) electrons. The van der Waals surface area contributed by atoms with E-state index in [0.717, 1.165) is 19.5 Å². The molecule has 2 rings (SSSR count). The summed E-state index contributed by atoms with van der Waals surface area (Å²) < 4.78 is 0. The Labute approximate surface area is 137 Å². The molecule has 0 aromatic heterocycles. The number of para-hydroxylation sites is 1. The molecule has 126 valence electrons. The third-order valence-electron chi connectivity index (χ3n) is 3.89. The van der Waals surface area contributed by atoms with Gasteiger partial charge in [-0.2, -0.15) is 0 Å². The summed E-state index contributed by atoms with van der Waals surface area (Å²) in [4.78, 5) is 27.7. The molecule has 1 fully saturated rings. The maximum absolute atomic E-state index is 12.1. The summed E-state index contributed by atoms with van der Waals surface area (Å²) in [6.07, 6.45) is 1.25. The first kappa shape index (κ1) is 17.1. The molecule has 0 spiro atoms. The van der Waals surface area contributed by atoms with Crippen molar-refractivity contribution in [3.8, 4) is 0 Å². The molecule has 2 N–H and O–H groups in total. The average molecular weight is 318 g/mol. The van der Waals surface area contributed by atoms with Crippen LogP contribution in [-0.4, -0.2) is 56.1 Å². The number of nitrogens with zero attached hydrogens (tertiary/aromatic N) is 2. The molecular formula is C17H26N4O2. The zero-order chi connectivity index (χ0) is 16.5. The Kier molecular flexibility index (Phi) is 6.72. The number of piperazine rings is 1. The Morgan fingerprint density at radius 3 is 2.35 bits per heavy atom. The number of nitrogens with one attached hydrogen (secondary N) is 2. The number of carbonyl (C=O) groups excluding carboxylic acids is 2. The van der Waals surface area contributed by atoms with Gasteiger partial charge in [0.1, 0.15) is 0 Å². The Morgan fingerprint density at radius 2 is 1.70 bits per heavy atom. The lowest BCUT2D eigenvalue weighted by Crippen LogP contribution is -2.52. The summed E-state index contributed by atoms with van der Waals surface area (Å²) in [6.45, 7) is 6.13. The van der Waals surface area contributed by atoms with Crippen LogP contribution in [0.15, 0.2) is 30.3 Å². The van der Waals surface area contributed by atoms with Gasteiger partial charge in [-0.15, -0.1) is 0 Å². The number of hydrogen-bond donors (Lipinski definition) is 2. The number of urea groups is 1. The van der Waals surface area contributed by atoms with E-state index in [4.69, 9.17) is 0 Å². The molecule has 1 aromatic carbocycles. The van der Waals surface area contributed by atoms with Gasteiger partial charge in [0.05, 0.1) is 0 Å². The van der Waals surface area contributed by atoms with Crippen LogP contribution in [0.3, 0.4) is 0 Å². The summed E-state index contributed by atoms with van der Waals surface area (Å²) in [7, 11) is 0. The molecule has 0 saturated carbocycles. The molecular weight excluding hydrogens is 292 g/mol. The second-order valence-corrected chi connectivity index (χ2v) is 5.64. The molecule has 1 saturated heterocycles. The van der Waals surface area contributed by atoms with Crippen LogP contribution in [0.2, 0.25) is 0 Å². The van der Waals surface area contributed by atoms with Crippen molar-refractivity contribution in [2.45, 2.75) is 19.8 Å². The molecule has 1 aliphatic heterocycles. The van der Waals surface area contributed by atoms with Gasteiger partial charge in [0, 0.05) is 51.4 Å². The fourth-order valence-electron chi connectivity index (χ4n) is 2.55. The first-order valence-electron chi connectivity index (χ1n) is 8.30. The molecule has 0 bridgehead atoms. The Bertz CT molecular complexity index is 499. The SMILES string of the molecule is CCCNC(=O)CCNC(=O)N1CCN(c2ccccc2)CC1. The van der Waals surface area contributed by atoms with Gasteiger partial charge in [0.25, 0.3) is 0 Å². The van der Waals surface area contributed by atoms with Crippen LogP contribution >= 0.6 is 0 Å². The molecule has 0 aliphatic carbocycles. The Balaban J connectivity index is 1.66.